The number of carbonyl (C=O) groups is 1. The zero-order valence-electron chi connectivity index (χ0n) is 14.5. The van der Waals surface area contributed by atoms with Gasteiger partial charge in [0, 0.05) is 19.0 Å². The van der Waals surface area contributed by atoms with Crippen LogP contribution in [0.2, 0.25) is 0 Å². The number of nitrogens with zero attached hydrogens (tertiary/aromatic N) is 1. The van der Waals surface area contributed by atoms with Crippen LogP contribution in [0.1, 0.15) is 81.1 Å². The summed E-state index contributed by atoms with van der Waals surface area (Å²) >= 11 is 0. The largest absolute Gasteiger partial charge is 0.339 e. The Hall–Kier alpha value is -0.530. The smallest absolute Gasteiger partial charge is 0.222 e. The van der Waals surface area contributed by atoms with Gasteiger partial charge in [-0.25, -0.2) is 0 Å². The first-order valence-corrected chi connectivity index (χ1v) is 7.82. The summed E-state index contributed by atoms with van der Waals surface area (Å²) < 4.78 is 0. The highest BCUT2D eigenvalue weighted by molar-refractivity contribution is 5.76. The molecule has 0 aromatic carbocycles. The molecular weight excluding hydrogens is 234 g/mol. The maximum atomic E-state index is 12.4. The SMILES string of the molecule is CCCC(=O)N(CCC)C(CC(C)(C)C)C(C)(C)C. The topological polar surface area (TPSA) is 20.3 Å². The third-order valence-corrected chi connectivity index (χ3v) is 3.43. The highest BCUT2D eigenvalue weighted by Gasteiger charge is 2.35. The van der Waals surface area contributed by atoms with Gasteiger partial charge in [-0.2, -0.15) is 0 Å². The van der Waals surface area contributed by atoms with Crippen molar-refractivity contribution in [2.24, 2.45) is 10.8 Å². The van der Waals surface area contributed by atoms with E-state index in [0.717, 1.165) is 25.8 Å². The predicted octanol–water partition coefficient (Wildman–Crippen LogP) is 4.88. The lowest BCUT2D eigenvalue weighted by Gasteiger charge is -2.43. The minimum Gasteiger partial charge on any atom is -0.339 e. The molecule has 114 valence electrons. The summed E-state index contributed by atoms with van der Waals surface area (Å²) in [6.45, 7) is 18.7. The molecule has 19 heavy (non-hydrogen) atoms. The summed E-state index contributed by atoms with van der Waals surface area (Å²) in [5.41, 5.74) is 0.377. The van der Waals surface area contributed by atoms with Crippen molar-refractivity contribution in [3.63, 3.8) is 0 Å². The van der Waals surface area contributed by atoms with Crippen molar-refractivity contribution in [3.8, 4) is 0 Å². The molecule has 1 atom stereocenters. The van der Waals surface area contributed by atoms with Crippen LogP contribution in [0.15, 0.2) is 0 Å². The molecule has 0 N–H and O–H groups in total. The molecule has 2 heteroatoms. The Bertz CT molecular complexity index is 270. The van der Waals surface area contributed by atoms with Crippen LogP contribution in [0.25, 0.3) is 0 Å². The van der Waals surface area contributed by atoms with Crippen LogP contribution in [0.5, 0.6) is 0 Å². The van der Waals surface area contributed by atoms with Gasteiger partial charge in [-0.05, 0) is 30.1 Å². The van der Waals surface area contributed by atoms with Gasteiger partial charge in [0.25, 0.3) is 0 Å². The fourth-order valence-electron chi connectivity index (χ4n) is 2.52. The van der Waals surface area contributed by atoms with Crippen LogP contribution in [0.3, 0.4) is 0 Å². The van der Waals surface area contributed by atoms with Gasteiger partial charge in [0.15, 0.2) is 0 Å². The standard InChI is InChI=1S/C17H35NO/c1-9-11-15(19)18(12-10-2)14(17(6,7)8)13-16(3,4)5/h14H,9-13H2,1-8H3. The van der Waals surface area contributed by atoms with E-state index in [1.807, 2.05) is 0 Å². The second-order valence-corrected chi connectivity index (χ2v) is 7.98. The Morgan fingerprint density at radius 1 is 1.00 bits per heavy atom. The van der Waals surface area contributed by atoms with E-state index in [0.29, 0.717) is 18.4 Å². The Kier molecular flexibility index (Phi) is 7.10. The molecule has 0 rings (SSSR count). The highest BCUT2D eigenvalue weighted by atomic mass is 16.2. The molecule has 1 unspecified atom stereocenters. The summed E-state index contributed by atoms with van der Waals surface area (Å²) in [4.78, 5) is 14.6. The number of hydrogen-bond donors (Lipinski definition) is 0. The molecule has 0 saturated heterocycles. The lowest BCUT2D eigenvalue weighted by atomic mass is 9.76. The van der Waals surface area contributed by atoms with E-state index in [1.54, 1.807) is 0 Å². The zero-order chi connectivity index (χ0) is 15.3. The zero-order valence-corrected chi connectivity index (χ0v) is 14.5. The van der Waals surface area contributed by atoms with Gasteiger partial charge >= 0.3 is 0 Å². The lowest BCUT2D eigenvalue weighted by Crippen LogP contribution is -2.49. The van der Waals surface area contributed by atoms with Gasteiger partial charge in [0.2, 0.25) is 5.91 Å². The molecular formula is C17H35NO. The fourth-order valence-corrected chi connectivity index (χ4v) is 2.52. The van der Waals surface area contributed by atoms with Crippen molar-refractivity contribution < 1.29 is 4.79 Å². The Labute approximate surface area is 120 Å². The second-order valence-electron chi connectivity index (χ2n) is 7.98. The maximum Gasteiger partial charge on any atom is 0.222 e. The van der Waals surface area contributed by atoms with Gasteiger partial charge in [-0.3, -0.25) is 4.79 Å². The van der Waals surface area contributed by atoms with Crippen LogP contribution in [-0.2, 0) is 4.79 Å². The second kappa shape index (κ2) is 7.31. The predicted molar refractivity (Wildman–Crippen MR) is 84.2 cm³/mol. The Balaban J connectivity index is 5.19. The molecule has 0 aromatic rings. The molecule has 0 saturated carbocycles. The average molecular weight is 269 g/mol. The highest BCUT2D eigenvalue weighted by Crippen LogP contribution is 2.34. The minimum atomic E-state index is 0.131. The first-order valence-electron chi connectivity index (χ1n) is 7.82. The lowest BCUT2D eigenvalue weighted by molar-refractivity contribution is -0.137. The third kappa shape index (κ3) is 6.98. The molecule has 0 spiro atoms. The molecule has 0 aliphatic carbocycles. The number of amides is 1. The van der Waals surface area contributed by atoms with Crippen molar-refractivity contribution in [2.75, 3.05) is 6.54 Å². The Morgan fingerprint density at radius 3 is 1.84 bits per heavy atom. The summed E-state index contributed by atoms with van der Waals surface area (Å²) in [6.07, 6.45) is 3.71. The van der Waals surface area contributed by atoms with Gasteiger partial charge < -0.3 is 4.90 Å². The van der Waals surface area contributed by atoms with Crippen LogP contribution < -0.4 is 0 Å². The summed E-state index contributed by atoms with van der Waals surface area (Å²) in [7, 11) is 0. The monoisotopic (exact) mass is 269 g/mol. The van der Waals surface area contributed by atoms with E-state index in [4.69, 9.17) is 0 Å². The van der Waals surface area contributed by atoms with Crippen molar-refractivity contribution in [1.29, 1.82) is 0 Å². The van der Waals surface area contributed by atoms with Crippen molar-refractivity contribution in [1.82, 2.24) is 4.90 Å². The number of hydrogen-bond acceptors (Lipinski definition) is 1. The van der Waals surface area contributed by atoms with Crippen LogP contribution in [-0.4, -0.2) is 23.4 Å². The van der Waals surface area contributed by atoms with E-state index in [9.17, 15) is 4.79 Å². The first kappa shape index (κ1) is 18.5. The molecule has 0 aromatic heterocycles. The molecule has 2 nitrogen and oxygen atoms in total. The average Bonchev–Trinajstić information content (AvgIpc) is 2.20. The van der Waals surface area contributed by atoms with Gasteiger partial charge in [0.1, 0.15) is 0 Å². The molecule has 0 aliphatic heterocycles. The fraction of sp³-hybridized carbons (Fsp3) is 0.941. The van der Waals surface area contributed by atoms with Crippen molar-refractivity contribution in [2.45, 2.75) is 87.1 Å². The number of carbonyl (C=O) groups excluding carboxylic acids is 1. The Morgan fingerprint density at radius 2 is 1.53 bits per heavy atom. The van der Waals surface area contributed by atoms with E-state index in [2.05, 4.69) is 60.3 Å². The number of rotatable bonds is 6. The first-order chi connectivity index (χ1) is 8.53. The molecule has 0 radical (unpaired) electrons. The van der Waals surface area contributed by atoms with Gasteiger partial charge in [-0.15, -0.1) is 0 Å². The quantitative estimate of drug-likeness (QED) is 0.673. The van der Waals surface area contributed by atoms with Crippen LogP contribution in [0.4, 0.5) is 0 Å². The molecule has 0 bridgehead atoms. The molecule has 0 fully saturated rings. The van der Waals surface area contributed by atoms with Crippen LogP contribution in [0, 0.1) is 10.8 Å². The van der Waals surface area contributed by atoms with E-state index in [1.165, 1.54) is 0 Å². The summed E-state index contributed by atoms with van der Waals surface area (Å²) in [5.74, 6) is 0.327. The summed E-state index contributed by atoms with van der Waals surface area (Å²) in [6, 6.07) is 0.325. The maximum absolute atomic E-state index is 12.4. The van der Waals surface area contributed by atoms with E-state index in [-0.39, 0.29) is 10.8 Å². The third-order valence-electron chi connectivity index (χ3n) is 3.43. The van der Waals surface area contributed by atoms with Crippen molar-refractivity contribution >= 4 is 5.91 Å². The van der Waals surface area contributed by atoms with Gasteiger partial charge in [0.05, 0.1) is 0 Å². The van der Waals surface area contributed by atoms with E-state index < -0.39 is 0 Å². The minimum absolute atomic E-state index is 0.131. The van der Waals surface area contributed by atoms with E-state index >= 15 is 0 Å². The normalized spacial score (nSPS) is 14.3. The molecule has 0 aliphatic rings. The molecule has 1 amide bonds. The van der Waals surface area contributed by atoms with Gasteiger partial charge in [-0.1, -0.05) is 55.4 Å². The van der Waals surface area contributed by atoms with Crippen LogP contribution >= 0.6 is 0 Å². The summed E-state index contributed by atoms with van der Waals surface area (Å²) in [5, 5.41) is 0. The molecule has 0 heterocycles. The van der Waals surface area contributed by atoms with Crippen molar-refractivity contribution in [3.05, 3.63) is 0 Å².